The van der Waals surface area contributed by atoms with Gasteiger partial charge in [-0.05, 0) is 18.2 Å². The van der Waals surface area contributed by atoms with Crippen LogP contribution in [0.1, 0.15) is 0 Å². The third-order valence-electron chi connectivity index (χ3n) is 2.62. The molecule has 0 unspecified atom stereocenters. The van der Waals surface area contributed by atoms with E-state index in [0.29, 0.717) is 0 Å². The molecule has 0 saturated carbocycles. The van der Waals surface area contributed by atoms with Crippen LogP contribution in [-0.2, 0) is 4.74 Å². The molecule has 1 aromatic carbocycles. The summed E-state index contributed by atoms with van der Waals surface area (Å²) in [6.07, 6.45) is 0. The number of anilines is 1. The van der Waals surface area contributed by atoms with Gasteiger partial charge in [0.1, 0.15) is 0 Å². The van der Waals surface area contributed by atoms with Crippen LogP contribution < -0.4 is 4.90 Å². The van der Waals surface area contributed by atoms with Crippen LogP contribution in [0.15, 0.2) is 22.7 Å². The standard InChI is InChI=1S/C11H11BrN2OS.ClH/c12-8-1-2-9-10(7-8)16-11(13-9)14-3-5-15-6-4-14;/h1-2,7H,3-6H2;1H. The van der Waals surface area contributed by atoms with Crippen molar-refractivity contribution in [3.05, 3.63) is 22.7 Å². The minimum absolute atomic E-state index is 0. The Bertz CT molecular complexity index is 513. The van der Waals surface area contributed by atoms with Gasteiger partial charge in [0.25, 0.3) is 0 Å². The Kier molecular flexibility index (Phi) is 4.25. The first kappa shape index (κ1) is 13.1. The van der Waals surface area contributed by atoms with E-state index in [0.717, 1.165) is 41.4 Å². The zero-order valence-electron chi connectivity index (χ0n) is 9.06. The molecule has 0 atom stereocenters. The van der Waals surface area contributed by atoms with Crippen molar-refractivity contribution < 1.29 is 4.74 Å². The van der Waals surface area contributed by atoms with E-state index in [1.54, 1.807) is 11.3 Å². The van der Waals surface area contributed by atoms with Crippen LogP contribution in [0, 0.1) is 0 Å². The van der Waals surface area contributed by atoms with Crippen molar-refractivity contribution in [3.63, 3.8) is 0 Å². The number of thiazole rings is 1. The van der Waals surface area contributed by atoms with Gasteiger partial charge in [-0.1, -0.05) is 27.3 Å². The maximum atomic E-state index is 5.34. The van der Waals surface area contributed by atoms with Gasteiger partial charge < -0.3 is 9.64 Å². The number of rotatable bonds is 1. The highest BCUT2D eigenvalue weighted by Gasteiger charge is 2.15. The molecule has 92 valence electrons. The summed E-state index contributed by atoms with van der Waals surface area (Å²) < 4.78 is 7.68. The summed E-state index contributed by atoms with van der Waals surface area (Å²) >= 11 is 5.23. The summed E-state index contributed by atoms with van der Waals surface area (Å²) in [5, 5.41) is 1.11. The van der Waals surface area contributed by atoms with E-state index in [1.165, 1.54) is 4.70 Å². The summed E-state index contributed by atoms with van der Waals surface area (Å²) in [7, 11) is 0. The molecular weight excluding hydrogens is 324 g/mol. The highest BCUT2D eigenvalue weighted by Crippen LogP contribution is 2.30. The van der Waals surface area contributed by atoms with Gasteiger partial charge >= 0.3 is 0 Å². The number of halogens is 2. The van der Waals surface area contributed by atoms with Gasteiger partial charge in [0, 0.05) is 17.6 Å². The molecule has 1 aliphatic rings. The Morgan fingerprint density at radius 3 is 2.82 bits per heavy atom. The smallest absolute Gasteiger partial charge is 0.186 e. The molecule has 0 spiro atoms. The van der Waals surface area contributed by atoms with E-state index in [-0.39, 0.29) is 12.4 Å². The molecule has 17 heavy (non-hydrogen) atoms. The largest absolute Gasteiger partial charge is 0.378 e. The van der Waals surface area contributed by atoms with Crippen LogP contribution in [0.4, 0.5) is 5.13 Å². The second kappa shape index (κ2) is 5.52. The monoisotopic (exact) mass is 334 g/mol. The third kappa shape index (κ3) is 2.73. The van der Waals surface area contributed by atoms with Crippen LogP contribution in [0.2, 0.25) is 0 Å². The lowest BCUT2D eigenvalue weighted by molar-refractivity contribution is 0.122. The third-order valence-corrected chi connectivity index (χ3v) is 4.19. The van der Waals surface area contributed by atoms with Crippen molar-refractivity contribution in [1.82, 2.24) is 4.98 Å². The lowest BCUT2D eigenvalue weighted by Crippen LogP contribution is -2.36. The fourth-order valence-electron chi connectivity index (χ4n) is 1.78. The van der Waals surface area contributed by atoms with Gasteiger partial charge in [-0.3, -0.25) is 0 Å². The predicted molar refractivity (Wildman–Crippen MR) is 77.6 cm³/mol. The number of fused-ring (bicyclic) bond motifs is 1. The molecule has 3 rings (SSSR count). The highest BCUT2D eigenvalue weighted by atomic mass is 79.9. The summed E-state index contributed by atoms with van der Waals surface area (Å²) in [4.78, 5) is 6.94. The molecule has 6 heteroatoms. The predicted octanol–water partition coefficient (Wildman–Crippen LogP) is 3.32. The zero-order valence-corrected chi connectivity index (χ0v) is 12.3. The number of morpholine rings is 1. The van der Waals surface area contributed by atoms with Crippen LogP contribution in [0.3, 0.4) is 0 Å². The first-order valence-corrected chi connectivity index (χ1v) is 6.83. The molecule has 0 radical (unpaired) electrons. The zero-order chi connectivity index (χ0) is 11.0. The van der Waals surface area contributed by atoms with E-state index in [1.807, 2.05) is 6.07 Å². The van der Waals surface area contributed by atoms with Crippen molar-refractivity contribution in [2.45, 2.75) is 0 Å². The fraction of sp³-hybridized carbons (Fsp3) is 0.364. The second-order valence-corrected chi connectivity index (χ2v) is 5.63. The van der Waals surface area contributed by atoms with Gasteiger partial charge in [-0.25, -0.2) is 4.98 Å². The Morgan fingerprint density at radius 2 is 2.06 bits per heavy atom. The van der Waals surface area contributed by atoms with E-state index >= 15 is 0 Å². The fourth-order valence-corrected chi connectivity index (χ4v) is 3.35. The number of hydrogen-bond acceptors (Lipinski definition) is 4. The van der Waals surface area contributed by atoms with Crippen LogP contribution in [0.25, 0.3) is 10.2 Å². The quantitative estimate of drug-likeness (QED) is 0.799. The molecule has 1 fully saturated rings. The Morgan fingerprint density at radius 1 is 1.29 bits per heavy atom. The molecule has 0 bridgehead atoms. The summed E-state index contributed by atoms with van der Waals surface area (Å²) in [6, 6.07) is 6.21. The minimum Gasteiger partial charge on any atom is -0.378 e. The molecule has 0 amide bonds. The van der Waals surface area contributed by atoms with Gasteiger partial charge in [0.05, 0.1) is 23.4 Å². The molecular formula is C11H12BrClN2OS. The maximum Gasteiger partial charge on any atom is 0.186 e. The van der Waals surface area contributed by atoms with Crippen molar-refractivity contribution >= 4 is 55.0 Å². The van der Waals surface area contributed by atoms with Gasteiger partial charge in [-0.15, -0.1) is 12.4 Å². The van der Waals surface area contributed by atoms with Gasteiger partial charge in [0.15, 0.2) is 5.13 Å². The van der Waals surface area contributed by atoms with E-state index < -0.39 is 0 Å². The molecule has 0 N–H and O–H groups in total. The maximum absolute atomic E-state index is 5.34. The van der Waals surface area contributed by atoms with Crippen molar-refractivity contribution in [3.8, 4) is 0 Å². The van der Waals surface area contributed by atoms with Crippen molar-refractivity contribution in [2.24, 2.45) is 0 Å². The second-order valence-electron chi connectivity index (χ2n) is 3.71. The first-order chi connectivity index (χ1) is 7.83. The van der Waals surface area contributed by atoms with Crippen molar-refractivity contribution in [1.29, 1.82) is 0 Å². The highest BCUT2D eigenvalue weighted by molar-refractivity contribution is 9.10. The van der Waals surface area contributed by atoms with E-state index in [2.05, 4.69) is 37.9 Å². The molecule has 0 aliphatic carbocycles. The average molecular weight is 336 g/mol. The Balaban J connectivity index is 0.00000108. The number of aromatic nitrogens is 1. The first-order valence-electron chi connectivity index (χ1n) is 5.22. The molecule has 3 nitrogen and oxygen atoms in total. The molecule has 1 aromatic heterocycles. The van der Waals surface area contributed by atoms with Gasteiger partial charge in [0.2, 0.25) is 0 Å². The molecule has 1 saturated heterocycles. The number of ether oxygens (including phenoxy) is 1. The molecule has 2 aromatic rings. The summed E-state index contributed by atoms with van der Waals surface area (Å²) in [5.74, 6) is 0. The van der Waals surface area contributed by atoms with E-state index in [9.17, 15) is 0 Å². The van der Waals surface area contributed by atoms with Crippen LogP contribution in [-0.4, -0.2) is 31.3 Å². The summed E-state index contributed by atoms with van der Waals surface area (Å²) in [5.41, 5.74) is 1.08. The van der Waals surface area contributed by atoms with Crippen LogP contribution in [0.5, 0.6) is 0 Å². The van der Waals surface area contributed by atoms with Gasteiger partial charge in [-0.2, -0.15) is 0 Å². The van der Waals surface area contributed by atoms with Crippen molar-refractivity contribution in [2.75, 3.05) is 31.2 Å². The average Bonchev–Trinajstić information content (AvgIpc) is 2.73. The SMILES string of the molecule is Brc1ccc2nc(N3CCOCC3)sc2c1.Cl. The number of nitrogens with zero attached hydrogens (tertiary/aromatic N) is 2. The molecule has 2 heterocycles. The normalized spacial score (nSPS) is 15.9. The van der Waals surface area contributed by atoms with Crippen LogP contribution >= 0.6 is 39.7 Å². The molecule has 1 aliphatic heterocycles. The topological polar surface area (TPSA) is 25.4 Å². The number of hydrogen-bond donors (Lipinski definition) is 0. The Hall–Kier alpha value is -0.360. The summed E-state index contributed by atoms with van der Waals surface area (Å²) in [6.45, 7) is 3.50. The lowest BCUT2D eigenvalue weighted by atomic mass is 10.3. The minimum atomic E-state index is 0. The van der Waals surface area contributed by atoms with E-state index in [4.69, 9.17) is 4.74 Å². The Labute approximate surface area is 118 Å². The lowest BCUT2D eigenvalue weighted by Gasteiger charge is -2.25. The number of benzene rings is 1.